The molecule has 0 spiro atoms. The Morgan fingerprint density at radius 1 is 1.18 bits per heavy atom. The average molecular weight is 388 g/mol. The highest BCUT2D eigenvalue weighted by atomic mass is 16.2. The minimum atomic E-state index is -0.0948. The maximum atomic E-state index is 13.3. The number of piperidine rings is 1. The molecule has 1 N–H and O–H groups in total. The minimum absolute atomic E-state index is 0.0298. The smallest absolute Gasteiger partial charge is 0.230 e. The van der Waals surface area contributed by atoms with E-state index in [1.54, 1.807) is 0 Å². The van der Waals surface area contributed by atoms with Gasteiger partial charge in [0.25, 0.3) is 0 Å². The van der Waals surface area contributed by atoms with Gasteiger partial charge in [-0.1, -0.05) is 50.6 Å². The Labute approximate surface area is 170 Å². The van der Waals surface area contributed by atoms with Crippen LogP contribution in [0, 0.1) is 11.8 Å². The second-order valence-corrected chi connectivity index (χ2v) is 8.32. The van der Waals surface area contributed by atoms with E-state index in [0.29, 0.717) is 19.0 Å². The molecule has 1 heterocycles. The molecule has 1 aliphatic rings. The molecule has 0 aromatic heterocycles. The molecule has 5 nitrogen and oxygen atoms in total. The van der Waals surface area contributed by atoms with E-state index in [1.807, 2.05) is 37.2 Å². The predicted molar refractivity (Wildman–Crippen MR) is 114 cm³/mol. The first-order valence-corrected chi connectivity index (χ1v) is 10.7. The lowest BCUT2D eigenvalue weighted by Gasteiger charge is -2.35. The molecule has 1 saturated heterocycles. The Morgan fingerprint density at radius 3 is 2.39 bits per heavy atom. The van der Waals surface area contributed by atoms with Gasteiger partial charge in [-0.3, -0.25) is 9.59 Å². The third-order valence-corrected chi connectivity index (χ3v) is 5.90. The van der Waals surface area contributed by atoms with Crippen molar-refractivity contribution in [2.75, 3.05) is 40.3 Å². The number of hydrogen-bond acceptors (Lipinski definition) is 3. The molecule has 5 heteroatoms. The van der Waals surface area contributed by atoms with E-state index < -0.39 is 0 Å². The van der Waals surface area contributed by atoms with Gasteiger partial charge in [-0.2, -0.15) is 0 Å². The number of benzene rings is 1. The van der Waals surface area contributed by atoms with Gasteiger partial charge in [0.2, 0.25) is 11.8 Å². The lowest BCUT2D eigenvalue weighted by Crippen LogP contribution is -2.45. The van der Waals surface area contributed by atoms with Crippen LogP contribution in [0.2, 0.25) is 0 Å². The van der Waals surface area contributed by atoms with E-state index in [1.165, 1.54) is 0 Å². The highest BCUT2D eigenvalue weighted by molar-refractivity contribution is 5.85. The van der Waals surface area contributed by atoms with Crippen LogP contribution >= 0.6 is 0 Å². The van der Waals surface area contributed by atoms with E-state index in [0.717, 1.165) is 44.3 Å². The number of carbonyl (C=O) groups is 2. The third kappa shape index (κ3) is 6.33. The molecule has 156 valence electrons. The molecule has 2 amide bonds. The second-order valence-electron chi connectivity index (χ2n) is 8.32. The standard InChI is InChI=1S/C23H37N3O2/c1-5-18(2)21(19-10-7-6-8-11-19)23(28)26-16-12-20(13-17-26)22(27)24-14-9-15-25(3)4/h6-8,10-11,18,20-21H,5,9,12-17H2,1-4H3,(H,24,27). The maximum absolute atomic E-state index is 13.3. The first kappa shape index (κ1) is 22.4. The Bertz CT molecular complexity index is 610. The fourth-order valence-corrected chi connectivity index (χ4v) is 3.92. The Hall–Kier alpha value is -1.88. The molecule has 1 fully saturated rings. The van der Waals surface area contributed by atoms with Crippen LogP contribution in [0.4, 0.5) is 0 Å². The van der Waals surface area contributed by atoms with E-state index in [-0.39, 0.29) is 23.7 Å². The van der Waals surface area contributed by atoms with Gasteiger partial charge in [-0.25, -0.2) is 0 Å². The first-order valence-electron chi connectivity index (χ1n) is 10.7. The van der Waals surface area contributed by atoms with Crippen LogP contribution in [0.3, 0.4) is 0 Å². The molecule has 0 bridgehead atoms. The number of hydrogen-bond donors (Lipinski definition) is 1. The van der Waals surface area contributed by atoms with Gasteiger partial charge < -0.3 is 15.1 Å². The lowest BCUT2D eigenvalue weighted by atomic mass is 9.83. The predicted octanol–water partition coefficient (Wildman–Crippen LogP) is 3.12. The molecule has 1 aromatic rings. The summed E-state index contributed by atoms with van der Waals surface area (Å²) >= 11 is 0. The van der Waals surface area contributed by atoms with Crippen LogP contribution in [0.25, 0.3) is 0 Å². The summed E-state index contributed by atoms with van der Waals surface area (Å²) in [5.74, 6) is 0.593. The Morgan fingerprint density at radius 2 is 1.82 bits per heavy atom. The quantitative estimate of drug-likeness (QED) is 0.663. The Kier molecular flexibility index (Phi) is 8.97. The van der Waals surface area contributed by atoms with Gasteiger partial charge in [0.1, 0.15) is 0 Å². The van der Waals surface area contributed by atoms with Crippen LogP contribution in [0.15, 0.2) is 30.3 Å². The lowest BCUT2D eigenvalue weighted by molar-refractivity contribution is -0.137. The summed E-state index contributed by atoms with van der Waals surface area (Å²) in [6, 6.07) is 10.1. The molecular weight excluding hydrogens is 350 g/mol. The number of amides is 2. The van der Waals surface area contributed by atoms with Crippen molar-refractivity contribution >= 4 is 11.8 Å². The fourth-order valence-electron chi connectivity index (χ4n) is 3.92. The summed E-state index contributed by atoms with van der Waals surface area (Å²) < 4.78 is 0. The summed E-state index contributed by atoms with van der Waals surface area (Å²) in [6.07, 6.45) is 3.45. The van der Waals surface area contributed by atoms with Crippen LogP contribution in [-0.4, -0.2) is 61.9 Å². The van der Waals surface area contributed by atoms with E-state index >= 15 is 0 Å². The zero-order chi connectivity index (χ0) is 20.5. The minimum Gasteiger partial charge on any atom is -0.356 e. The van der Waals surface area contributed by atoms with Gasteiger partial charge in [0.15, 0.2) is 0 Å². The largest absolute Gasteiger partial charge is 0.356 e. The normalized spacial score (nSPS) is 17.4. The molecular formula is C23H37N3O2. The maximum Gasteiger partial charge on any atom is 0.230 e. The van der Waals surface area contributed by atoms with Crippen molar-refractivity contribution in [3.05, 3.63) is 35.9 Å². The van der Waals surface area contributed by atoms with Crippen LogP contribution in [-0.2, 0) is 9.59 Å². The molecule has 0 aliphatic carbocycles. The van der Waals surface area contributed by atoms with Crippen LogP contribution in [0.5, 0.6) is 0 Å². The van der Waals surface area contributed by atoms with Crippen molar-refractivity contribution in [1.82, 2.24) is 15.1 Å². The van der Waals surface area contributed by atoms with E-state index in [4.69, 9.17) is 0 Å². The summed E-state index contributed by atoms with van der Waals surface area (Å²) in [4.78, 5) is 29.8. The zero-order valence-electron chi connectivity index (χ0n) is 18.0. The number of nitrogens with zero attached hydrogens (tertiary/aromatic N) is 2. The molecule has 1 aliphatic heterocycles. The summed E-state index contributed by atoms with van der Waals surface area (Å²) in [7, 11) is 4.08. The van der Waals surface area contributed by atoms with Crippen LogP contribution < -0.4 is 5.32 Å². The summed E-state index contributed by atoms with van der Waals surface area (Å²) in [5, 5.41) is 3.06. The number of rotatable bonds is 9. The first-order chi connectivity index (χ1) is 13.4. The van der Waals surface area contributed by atoms with Crippen molar-refractivity contribution in [3.63, 3.8) is 0 Å². The van der Waals surface area contributed by atoms with Gasteiger partial charge in [-0.05, 0) is 51.4 Å². The van der Waals surface area contributed by atoms with Gasteiger partial charge in [0, 0.05) is 25.6 Å². The zero-order valence-corrected chi connectivity index (χ0v) is 18.0. The molecule has 2 rings (SSSR count). The molecule has 0 radical (unpaired) electrons. The van der Waals surface area contributed by atoms with Crippen molar-refractivity contribution in [2.45, 2.75) is 45.4 Å². The second kappa shape index (κ2) is 11.2. The summed E-state index contributed by atoms with van der Waals surface area (Å²) in [5.41, 5.74) is 1.10. The molecule has 0 saturated carbocycles. The van der Waals surface area contributed by atoms with Crippen molar-refractivity contribution in [1.29, 1.82) is 0 Å². The van der Waals surface area contributed by atoms with Gasteiger partial charge in [0.05, 0.1) is 5.92 Å². The fraction of sp³-hybridized carbons (Fsp3) is 0.652. The monoisotopic (exact) mass is 387 g/mol. The topological polar surface area (TPSA) is 52.7 Å². The highest BCUT2D eigenvalue weighted by Crippen LogP contribution is 2.30. The average Bonchev–Trinajstić information content (AvgIpc) is 2.71. The Balaban J connectivity index is 1.88. The third-order valence-electron chi connectivity index (χ3n) is 5.90. The summed E-state index contributed by atoms with van der Waals surface area (Å²) in [6.45, 7) is 7.34. The number of carbonyl (C=O) groups excluding carboxylic acids is 2. The van der Waals surface area contributed by atoms with Crippen LogP contribution in [0.1, 0.15) is 51.0 Å². The van der Waals surface area contributed by atoms with Crippen molar-refractivity contribution in [2.24, 2.45) is 11.8 Å². The van der Waals surface area contributed by atoms with Gasteiger partial charge >= 0.3 is 0 Å². The molecule has 2 unspecified atom stereocenters. The number of likely N-dealkylation sites (tertiary alicyclic amines) is 1. The van der Waals surface area contributed by atoms with Crippen molar-refractivity contribution < 1.29 is 9.59 Å². The van der Waals surface area contributed by atoms with E-state index in [2.05, 4.69) is 36.2 Å². The molecule has 2 atom stereocenters. The highest BCUT2D eigenvalue weighted by Gasteiger charge is 2.33. The van der Waals surface area contributed by atoms with Crippen molar-refractivity contribution in [3.8, 4) is 0 Å². The molecule has 28 heavy (non-hydrogen) atoms. The SMILES string of the molecule is CCC(C)C(C(=O)N1CCC(C(=O)NCCCN(C)C)CC1)c1ccccc1. The van der Waals surface area contributed by atoms with E-state index in [9.17, 15) is 9.59 Å². The molecule has 1 aromatic carbocycles. The van der Waals surface area contributed by atoms with Gasteiger partial charge in [-0.15, -0.1) is 0 Å². The number of nitrogens with one attached hydrogen (secondary N) is 1.